The quantitative estimate of drug-likeness (QED) is 0.535. The maximum atomic E-state index is 12.2. The molecule has 2 N–H and O–H groups in total. The molecule has 1 aromatic carbocycles. The maximum absolute atomic E-state index is 12.2. The van der Waals surface area contributed by atoms with Gasteiger partial charge in [0.1, 0.15) is 5.75 Å². The zero-order valence-electron chi connectivity index (χ0n) is 13.2. The van der Waals surface area contributed by atoms with E-state index >= 15 is 0 Å². The summed E-state index contributed by atoms with van der Waals surface area (Å²) in [5.41, 5.74) is 0.379. The fourth-order valence-corrected chi connectivity index (χ4v) is 2.85. The number of ether oxygens (including phenoxy) is 2. The average molecular weight is 344 g/mol. The van der Waals surface area contributed by atoms with Gasteiger partial charge in [0.05, 0.1) is 24.8 Å². The van der Waals surface area contributed by atoms with Crippen molar-refractivity contribution in [1.82, 2.24) is 4.72 Å². The van der Waals surface area contributed by atoms with Crippen LogP contribution in [0.2, 0.25) is 0 Å². The number of carbonyl (C=O) groups is 2. The first-order valence-electron chi connectivity index (χ1n) is 6.82. The van der Waals surface area contributed by atoms with Crippen LogP contribution in [0.5, 0.6) is 5.75 Å². The molecular formula is C14H20N2O6S. The molecule has 8 nitrogen and oxygen atoms in total. The Morgan fingerprint density at radius 2 is 1.91 bits per heavy atom. The number of hydrogen-bond acceptors (Lipinski definition) is 6. The zero-order chi connectivity index (χ0) is 17.5. The molecule has 1 amide bonds. The van der Waals surface area contributed by atoms with Crippen LogP contribution in [0.4, 0.5) is 5.69 Å². The van der Waals surface area contributed by atoms with E-state index in [0.717, 1.165) is 0 Å². The standard InChI is InChI=1S/C14H20N2O6S/c1-10(17)16-12-7-6-11(9-13(12)21-2)23(19,20)15-8-4-5-14(18)22-3/h6-7,9,15H,4-5,8H2,1-3H3,(H,16,17). The molecular weight excluding hydrogens is 324 g/mol. The number of hydrogen-bond donors (Lipinski definition) is 2. The number of esters is 1. The monoisotopic (exact) mass is 344 g/mol. The minimum Gasteiger partial charge on any atom is -0.495 e. The van der Waals surface area contributed by atoms with Crippen molar-refractivity contribution >= 4 is 27.6 Å². The van der Waals surface area contributed by atoms with Gasteiger partial charge in [-0.05, 0) is 18.6 Å². The molecule has 0 fully saturated rings. The topological polar surface area (TPSA) is 111 Å². The number of amides is 1. The summed E-state index contributed by atoms with van der Waals surface area (Å²) < 4.78 is 36.3. The molecule has 23 heavy (non-hydrogen) atoms. The van der Waals surface area contributed by atoms with E-state index in [1.165, 1.54) is 39.3 Å². The normalized spacial score (nSPS) is 10.9. The van der Waals surface area contributed by atoms with Gasteiger partial charge >= 0.3 is 5.97 Å². The van der Waals surface area contributed by atoms with Crippen LogP contribution >= 0.6 is 0 Å². The molecule has 0 spiro atoms. The van der Waals surface area contributed by atoms with Gasteiger partial charge in [-0.1, -0.05) is 0 Å². The molecule has 0 aromatic heterocycles. The molecule has 0 bridgehead atoms. The highest BCUT2D eigenvalue weighted by Crippen LogP contribution is 2.27. The number of carbonyl (C=O) groups excluding carboxylic acids is 2. The van der Waals surface area contributed by atoms with Crippen LogP contribution in [0.25, 0.3) is 0 Å². The lowest BCUT2D eigenvalue weighted by Crippen LogP contribution is -2.25. The average Bonchev–Trinajstić information content (AvgIpc) is 2.50. The fraction of sp³-hybridized carbons (Fsp3) is 0.429. The summed E-state index contributed by atoms with van der Waals surface area (Å²) in [6, 6.07) is 4.12. The highest BCUT2D eigenvalue weighted by molar-refractivity contribution is 7.89. The molecule has 0 aliphatic heterocycles. The molecule has 1 aromatic rings. The third-order valence-electron chi connectivity index (χ3n) is 2.87. The molecule has 0 aliphatic rings. The van der Waals surface area contributed by atoms with Crippen molar-refractivity contribution in [2.75, 3.05) is 26.1 Å². The van der Waals surface area contributed by atoms with Gasteiger partial charge in [0.15, 0.2) is 0 Å². The highest BCUT2D eigenvalue weighted by atomic mass is 32.2. The first-order chi connectivity index (χ1) is 10.8. The second-order valence-corrected chi connectivity index (χ2v) is 6.39. The molecule has 128 valence electrons. The Balaban J connectivity index is 2.79. The fourth-order valence-electron chi connectivity index (χ4n) is 1.76. The van der Waals surface area contributed by atoms with E-state index in [-0.39, 0.29) is 29.5 Å². The summed E-state index contributed by atoms with van der Waals surface area (Å²) in [7, 11) is -1.09. The van der Waals surface area contributed by atoms with Gasteiger partial charge in [0.25, 0.3) is 0 Å². The summed E-state index contributed by atoms with van der Waals surface area (Å²) >= 11 is 0. The summed E-state index contributed by atoms with van der Waals surface area (Å²) in [6.07, 6.45) is 0.455. The van der Waals surface area contributed by atoms with E-state index in [1.54, 1.807) is 0 Å². The van der Waals surface area contributed by atoms with E-state index in [2.05, 4.69) is 14.8 Å². The van der Waals surface area contributed by atoms with Crippen LogP contribution in [0.3, 0.4) is 0 Å². The molecule has 0 aliphatic carbocycles. The van der Waals surface area contributed by atoms with Crippen LogP contribution in [-0.4, -0.2) is 41.1 Å². The smallest absolute Gasteiger partial charge is 0.305 e. The van der Waals surface area contributed by atoms with Crippen LogP contribution in [0.1, 0.15) is 19.8 Å². The Morgan fingerprint density at radius 3 is 2.48 bits per heavy atom. The van der Waals surface area contributed by atoms with Gasteiger partial charge in [-0.15, -0.1) is 0 Å². The first-order valence-corrected chi connectivity index (χ1v) is 8.30. The molecule has 0 saturated heterocycles. The number of rotatable bonds is 8. The Morgan fingerprint density at radius 1 is 1.22 bits per heavy atom. The van der Waals surface area contributed by atoms with Crippen molar-refractivity contribution in [2.24, 2.45) is 0 Å². The van der Waals surface area contributed by atoms with Crippen LogP contribution in [-0.2, 0) is 24.3 Å². The summed E-state index contributed by atoms with van der Waals surface area (Å²) in [4.78, 5) is 22.0. The number of benzene rings is 1. The van der Waals surface area contributed by atoms with Crippen molar-refractivity contribution in [1.29, 1.82) is 0 Å². The number of methoxy groups -OCH3 is 2. The minimum absolute atomic E-state index is 0.00141. The van der Waals surface area contributed by atoms with E-state index < -0.39 is 16.0 Å². The molecule has 0 atom stereocenters. The lowest BCUT2D eigenvalue weighted by molar-refractivity contribution is -0.140. The van der Waals surface area contributed by atoms with Gasteiger partial charge in [-0.25, -0.2) is 13.1 Å². The summed E-state index contributed by atoms with van der Waals surface area (Å²) in [5.74, 6) is -0.456. The summed E-state index contributed by atoms with van der Waals surface area (Å²) in [6.45, 7) is 1.44. The third kappa shape index (κ3) is 5.87. The van der Waals surface area contributed by atoms with Crippen LogP contribution in [0, 0.1) is 0 Å². The van der Waals surface area contributed by atoms with Crippen molar-refractivity contribution in [3.05, 3.63) is 18.2 Å². The number of nitrogens with one attached hydrogen (secondary N) is 2. The molecule has 9 heteroatoms. The van der Waals surface area contributed by atoms with Gasteiger partial charge in [-0.3, -0.25) is 9.59 Å². The van der Waals surface area contributed by atoms with E-state index in [1.807, 2.05) is 0 Å². The van der Waals surface area contributed by atoms with Crippen LogP contribution in [0.15, 0.2) is 23.1 Å². The lowest BCUT2D eigenvalue weighted by atomic mass is 10.3. The van der Waals surface area contributed by atoms with Crippen LogP contribution < -0.4 is 14.8 Å². The van der Waals surface area contributed by atoms with E-state index in [0.29, 0.717) is 12.1 Å². The molecule has 0 heterocycles. The maximum Gasteiger partial charge on any atom is 0.305 e. The largest absolute Gasteiger partial charge is 0.495 e. The molecule has 1 rings (SSSR count). The van der Waals surface area contributed by atoms with Crippen molar-refractivity contribution < 1.29 is 27.5 Å². The Labute approximate surface area is 135 Å². The number of anilines is 1. The Kier molecular flexibility index (Phi) is 6.98. The molecule has 0 saturated carbocycles. The van der Waals surface area contributed by atoms with Gasteiger partial charge < -0.3 is 14.8 Å². The summed E-state index contributed by atoms with van der Waals surface area (Å²) in [5, 5.41) is 2.54. The van der Waals surface area contributed by atoms with Gasteiger partial charge in [0, 0.05) is 26.0 Å². The Hall–Kier alpha value is -2.13. The highest BCUT2D eigenvalue weighted by Gasteiger charge is 2.16. The van der Waals surface area contributed by atoms with Gasteiger partial charge in [0.2, 0.25) is 15.9 Å². The molecule has 0 radical (unpaired) electrons. The second-order valence-electron chi connectivity index (χ2n) is 4.62. The van der Waals surface area contributed by atoms with Crippen molar-refractivity contribution in [2.45, 2.75) is 24.7 Å². The Bertz CT molecular complexity index is 672. The second kappa shape index (κ2) is 8.49. The third-order valence-corrected chi connectivity index (χ3v) is 4.33. The zero-order valence-corrected chi connectivity index (χ0v) is 14.0. The van der Waals surface area contributed by atoms with E-state index in [9.17, 15) is 18.0 Å². The SMILES string of the molecule is COC(=O)CCCNS(=O)(=O)c1ccc(NC(C)=O)c(OC)c1. The van der Waals surface area contributed by atoms with Crippen molar-refractivity contribution in [3.8, 4) is 5.75 Å². The first kappa shape index (κ1) is 18.9. The predicted octanol–water partition coefficient (Wildman–Crippen LogP) is 0.885. The minimum atomic E-state index is -3.74. The lowest BCUT2D eigenvalue weighted by Gasteiger charge is -2.12. The predicted molar refractivity (Wildman–Crippen MR) is 83.7 cm³/mol. The van der Waals surface area contributed by atoms with Crippen molar-refractivity contribution in [3.63, 3.8) is 0 Å². The van der Waals surface area contributed by atoms with E-state index in [4.69, 9.17) is 4.74 Å². The number of sulfonamides is 1. The molecule has 0 unspecified atom stereocenters. The van der Waals surface area contributed by atoms with Gasteiger partial charge in [-0.2, -0.15) is 0 Å².